The van der Waals surface area contributed by atoms with Crippen LogP contribution in [0.25, 0.3) is 22.2 Å². The standard InChI is InChI=1S/C19H17N5O3/c1-5-26-17-11(9-20)13-10-7-6-8-12(25-4)15(10)27-18-14(13)16(21-17)22-19(23-18)24(2)3/h6-8H,5H2,1-4H3. The maximum absolute atomic E-state index is 9.84. The summed E-state index contributed by atoms with van der Waals surface area (Å²) in [4.78, 5) is 15.2. The number of anilines is 1. The fourth-order valence-electron chi connectivity index (χ4n) is 3.07. The molecule has 3 aromatic rings. The van der Waals surface area contributed by atoms with Gasteiger partial charge in [0.05, 0.1) is 19.1 Å². The van der Waals surface area contributed by atoms with E-state index in [9.17, 15) is 5.26 Å². The first kappa shape index (κ1) is 16.8. The number of hydrogen-bond donors (Lipinski definition) is 0. The number of pyridine rings is 1. The van der Waals surface area contributed by atoms with Crippen LogP contribution >= 0.6 is 0 Å². The molecule has 1 aliphatic rings. The molecule has 0 amide bonds. The third-order valence-corrected chi connectivity index (χ3v) is 4.23. The molecule has 8 heteroatoms. The van der Waals surface area contributed by atoms with E-state index < -0.39 is 0 Å². The first-order valence-corrected chi connectivity index (χ1v) is 8.40. The molecule has 136 valence electrons. The van der Waals surface area contributed by atoms with E-state index in [4.69, 9.17) is 14.2 Å². The molecule has 1 aliphatic heterocycles. The molecular formula is C19H17N5O3. The van der Waals surface area contributed by atoms with Crippen LogP contribution in [0.1, 0.15) is 12.5 Å². The number of benzene rings is 1. The van der Waals surface area contributed by atoms with Crippen molar-refractivity contribution in [2.24, 2.45) is 0 Å². The van der Waals surface area contributed by atoms with Gasteiger partial charge in [-0.25, -0.2) is 0 Å². The van der Waals surface area contributed by atoms with Crippen molar-refractivity contribution >= 4 is 17.0 Å². The van der Waals surface area contributed by atoms with Crippen molar-refractivity contribution in [2.75, 3.05) is 32.7 Å². The van der Waals surface area contributed by atoms with E-state index in [1.807, 2.05) is 33.2 Å². The SMILES string of the molecule is CCOc1nc2nc(N(C)C)nc3c2c(c1C#N)-c1cccc(OC)c1O3. The molecule has 0 unspecified atom stereocenters. The number of aromatic nitrogens is 3. The summed E-state index contributed by atoms with van der Waals surface area (Å²) < 4.78 is 17.1. The zero-order valence-electron chi connectivity index (χ0n) is 15.4. The number of ether oxygens (including phenoxy) is 3. The summed E-state index contributed by atoms with van der Waals surface area (Å²) in [6.45, 7) is 2.22. The molecule has 0 saturated heterocycles. The Labute approximate surface area is 156 Å². The van der Waals surface area contributed by atoms with Gasteiger partial charge in [-0.1, -0.05) is 12.1 Å². The van der Waals surface area contributed by atoms with E-state index in [-0.39, 0.29) is 5.88 Å². The minimum Gasteiger partial charge on any atom is -0.493 e. The predicted molar refractivity (Wildman–Crippen MR) is 99.6 cm³/mol. The Morgan fingerprint density at radius 2 is 2.04 bits per heavy atom. The second kappa shape index (κ2) is 6.29. The molecule has 0 bridgehead atoms. The summed E-state index contributed by atoms with van der Waals surface area (Å²) in [6.07, 6.45) is 0. The highest BCUT2D eigenvalue weighted by molar-refractivity contribution is 6.04. The van der Waals surface area contributed by atoms with Crippen LogP contribution in [0.2, 0.25) is 0 Å². The Morgan fingerprint density at radius 1 is 1.22 bits per heavy atom. The Hall–Kier alpha value is -3.60. The molecule has 0 fully saturated rings. The van der Waals surface area contributed by atoms with Gasteiger partial charge >= 0.3 is 0 Å². The predicted octanol–water partition coefficient (Wildman–Crippen LogP) is 3.14. The van der Waals surface area contributed by atoms with E-state index in [0.29, 0.717) is 57.7 Å². The summed E-state index contributed by atoms with van der Waals surface area (Å²) in [7, 11) is 5.23. The minimum atomic E-state index is 0.243. The maximum Gasteiger partial charge on any atom is 0.234 e. The van der Waals surface area contributed by atoms with E-state index in [0.717, 1.165) is 0 Å². The van der Waals surface area contributed by atoms with Crippen LogP contribution in [0, 0.1) is 11.3 Å². The molecule has 8 nitrogen and oxygen atoms in total. The summed E-state index contributed by atoms with van der Waals surface area (Å²) >= 11 is 0. The van der Waals surface area contributed by atoms with Gasteiger partial charge in [0.25, 0.3) is 0 Å². The molecule has 3 heterocycles. The Balaban J connectivity index is 2.17. The van der Waals surface area contributed by atoms with Crippen LogP contribution in [0.15, 0.2) is 18.2 Å². The average molecular weight is 363 g/mol. The molecule has 0 atom stereocenters. The molecule has 2 aromatic heterocycles. The Kier molecular flexibility index (Phi) is 3.92. The summed E-state index contributed by atoms with van der Waals surface area (Å²) in [5.41, 5.74) is 2.10. The molecule has 0 aliphatic carbocycles. The van der Waals surface area contributed by atoms with E-state index in [1.54, 1.807) is 18.1 Å². The Morgan fingerprint density at radius 3 is 2.70 bits per heavy atom. The minimum absolute atomic E-state index is 0.243. The van der Waals surface area contributed by atoms with E-state index in [1.165, 1.54) is 0 Å². The highest BCUT2D eigenvalue weighted by Crippen LogP contribution is 2.51. The van der Waals surface area contributed by atoms with Crippen LogP contribution in [0.5, 0.6) is 23.3 Å². The van der Waals surface area contributed by atoms with E-state index in [2.05, 4.69) is 21.0 Å². The third-order valence-electron chi connectivity index (χ3n) is 4.23. The van der Waals surface area contributed by atoms with Crippen molar-refractivity contribution in [2.45, 2.75) is 6.92 Å². The number of rotatable bonds is 4. The maximum atomic E-state index is 9.84. The lowest BCUT2D eigenvalue weighted by atomic mass is 9.95. The van der Waals surface area contributed by atoms with Crippen LogP contribution in [-0.4, -0.2) is 42.8 Å². The second-order valence-corrected chi connectivity index (χ2v) is 6.07. The molecule has 4 rings (SSSR count). The lowest BCUT2D eigenvalue weighted by molar-refractivity contribution is 0.327. The van der Waals surface area contributed by atoms with Crippen molar-refractivity contribution in [3.63, 3.8) is 0 Å². The van der Waals surface area contributed by atoms with Crippen LogP contribution in [0.3, 0.4) is 0 Å². The summed E-state index contributed by atoms with van der Waals surface area (Å²) in [5, 5.41) is 10.4. The number of methoxy groups -OCH3 is 1. The molecular weight excluding hydrogens is 346 g/mol. The number of hydrogen-bond acceptors (Lipinski definition) is 8. The van der Waals surface area contributed by atoms with Crippen molar-refractivity contribution in [1.82, 2.24) is 15.0 Å². The third kappa shape index (κ3) is 2.47. The van der Waals surface area contributed by atoms with Gasteiger partial charge in [-0.05, 0) is 13.0 Å². The number of para-hydroxylation sites is 1. The van der Waals surface area contributed by atoms with Crippen LogP contribution in [-0.2, 0) is 0 Å². The molecule has 27 heavy (non-hydrogen) atoms. The first-order chi connectivity index (χ1) is 13.1. The normalized spacial score (nSPS) is 11.4. The van der Waals surface area contributed by atoms with Gasteiger partial charge in [0.2, 0.25) is 17.7 Å². The van der Waals surface area contributed by atoms with Gasteiger partial charge in [0.1, 0.15) is 11.6 Å². The van der Waals surface area contributed by atoms with Gasteiger partial charge in [-0.15, -0.1) is 0 Å². The first-order valence-electron chi connectivity index (χ1n) is 8.40. The molecule has 0 spiro atoms. The zero-order valence-corrected chi connectivity index (χ0v) is 15.4. The van der Waals surface area contributed by atoms with Crippen molar-refractivity contribution in [3.8, 4) is 40.5 Å². The number of nitriles is 1. The summed E-state index contributed by atoms with van der Waals surface area (Å²) in [6, 6.07) is 7.73. The molecule has 0 N–H and O–H groups in total. The van der Waals surface area contributed by atoms with Crippen molar-refractivity contribution < 1.29 is 14.2 Å². The Bertz CT molecular complexity index is 1100. The monoisotopic (exact) mass is 363 g/mol. The van der Waals surface area contributed by atoms with Crippen LogP contribution in [0.4, 0.5) is 5.95 Å². The van der Waals surface area contributed by atoms with Gasteiger partial charge in [0.15, 0.2) is 17.1 Å². The highest BCUT2D eigenvalue weighted by atomic mass is 16.5. The lowest BCUT2D eigenvalue weighted by Crippen LogP contribution is -2.15. The topological polar surface area (TPSA) is 93.4 Å². The largest absolute Gasteiger partial charge is 0.493 e. The molecule has 0 radical (unpaired) electrons. The van der Waals surface area contributed by atoms with Gasteiger partial charge in [-0.3, -0.25) is 0 Å². The van der Waals surface area contributed by atoms with Gasteiger partial charge < -0.3 is 19.1 Å². The highest BCUT2D eigenvalue weighted by Gasteiger charge is 2.31. The quantitative estimate of drug-likeness (QED) is 0.546. The number of fused-ring (bicyclic) bond motifs is 2. The van der Waals surface area contributed by atoms with E-state index >= 15 is 0 Å². The summed E-state index contributed by atoms with van der Waals surface area (Å²) in [5.74, 6) is 2.08. The fourth-order valence-corrected chi connectivity index (χ4v) is 3.07. The van der Waals surface area contributed by atoms with Crippen molar-refractivity contribution in [3.05, 3.63) is 23.8 Å². The second-order valence-electron chi connectivity index (χ2n) is 6.07. The fraction of sp³-hybridized carbons (Fsp3) is 0.263. The number of nitrogens with zero attached hydrogens (tertiary/aromatic N) is 5. The molecule has 0 saturated carbocycles. The van der Waals surface area contributed by atoms with Crippen molar-refractivity contribution in [1.29, 1.82) is 5.26 Å². The lowest BCUT2D eigenvalue weighted by Gasteiger charge is -2.24. The van der Waals surface area contributed by atoms with Gasteiger partial charge in [0, 0.05) is 25.2 Å². The zero-order chi connectivity index (χ0) is 19.1. The molecule has 1 aromatic carbocycles. The van der Waals surface area contributed by atoms with Crippen LogP contribution < -0.4 is 19.1 Å². The smallest absolute Gasteiger partial charge is 0.234 e. The van der Waals surface area contributed by atoms with Gasteiger partial charge in [-0.2, -0.15) is 20.2 Å². The average Bonchev–Trinajstić information content (AvgIpc) is 2.67.